The Morgan fingerprint density at radius 2 is 1.64 bits per heavy atom. The number of hydrogen-bond acceptors (Lipinski definition) is 4. The van der Waals surface area contributed by atoms with Crippen molar-refractivity contribution in [2.75, 3.05) is 32.2 Å². The van der Waals surface area contributed by atoms with Crippen LogP contribution < -0.4 is 14.4 Å². The average Bonchev–Trinajstić information content (AvgIpc) is 2.74. The Hall–Kier alpha value is -3.02. The second-order valence-corrected chi connectivity index (χ2v) is 6.79. The van der Waals surface area contributed by atoms with Gasteiger partial charge in [0.05, 0.1) is 14.2 Å². The van der Waals surface area contributed by atoms with Gasteiger partial charge in [0.2, 0.25) is 5.91 Å². The summed E-state index contributed by atoms with van der Waals surface area (Å²) in [6, 6.07) is 12.5. The normalized spacial score (nSPS) is 16.9. The molecule has 1 aliphatic rings. The van der Waals surface area contributed by atoms with E-state index in [1.165, 1.54) is 19.8 Å². The molecule has 2 amide bonds. The molecule has 2 aromatic carbocycles. The molecular formula is C22H26N2O4. The number of carbonyl (C=O) groups excluding carboxylic acids is 2. The van der Waals surface area contributed by atoms with Gasteiger partial charge in [0.1, 0.15) is 17.5 Å². The first kappa shape index (κ1) is 19.7. The van der Waals surface area contributed by atoms with Crippen LogP contribution >= 0.6 is 0 Å². The van der Waals surface area contributed by atoms with Gasteiger partial charge >= 0.3 is 0 Å². The largest absolute Gasteiger partial charge is 0.497 e. The summed E-state index contributed by atoms with van der Waals surface area (Å²) in [6.07, 6.45) is 0.955. The smallest absolute Gasteiger partial charge is 0.254 e. The van der Waals surface area contributed by atoms with Gasteiger partial charge in [-0.1, -0.05) is 19.1 Å². The van der Waals surface area contributed by atoms with E-state index in [4.69, 9.17) is 9.47 Å². The molecule has 1 atom stereocenters. The van der Waals surface area contributed by atoms with E-state index in [9.17, 15) is 9.59 Å². The van der Waals surface area contributed by atoms with E-state index in [1.807, 2.05) is 24.3 Å². The van der Waals surface area contributed by atoms with Crippen LogP contribution in [0.1, 0.15) is 29.8 Å². The predicted octanol–water partition coefficient (Wildman–Crippen LogP) is 3.14. The van der Waals surface area contributed by atoms with Crippen molar-refractivity contribution in [2.45, 2.75) is 26.3 Å². The summed E-state index contributed by atoms with van der Waals surface area (Å²) in [6.45, 7) is 4.78. The van der Waals surface area contributed by atoms with Crippen LogP contribution in [0.25, 0.3) is 0 Å². The number of piperazine rings is 1. The molecule has 0 radical (unpaired) electrons. The molecule has 148 valence electrons. The molecule has 1 fully saturated rings. The van der Waals surface area contributed by atoms with Crippen LogP contribution in [-0.4, -0.2) is 50.1 Å². The third-order valence-electron chi connectivity index (χ3n) is 5.17. The number of ether oxygens (including phenoxy) is 2. The fourth-order valence-electron chi connectivity index (χ4n) is 3.41. The SMILES string of the molecule is CCc1ccc(N2CCN(C(=O)c3cc(OC)cc(OC)c3)[C@@H](C)C2=O)cc1. The van der Waals surface area contributed by atoms with Gasteiger partial charge < -0.3 is 19.3 Å². The number of anilines is 1. The van der Waals surface area contributed by atoms with Crippen molar-refractivity contribution < 1.29 is 19.1 Å². The highest BCUT2D eigenvalue weighted by atomic mass is 16.5. The summed E-state index contributed by atoms with van der Waals surface area (Å²) in [5.41, 5.74) is 2.53. The molecule has 1 saturated heterocycles. The zero-order valence-corrected chi connectivity index (χ0v) is 16.8. The molecule has 2 aromatic rings. The van der Waals surface area contributed by atoms with E-state index in [-0.39, 0.29) is 11.8 Å². The molecule has 0 aliphatic carbocycles. The van der Waals surface area contributed by atoms with Crippen LogP contribution in [0.3, 0.4) is 0 Å². The monoisotopic (exact) mass is 382 g/mol. The predicted molar refractivity (Wildman–Crippen MR) is 108 cm³/mol. The first-order valence-corrected chi connectivity index (χ1v) is 9.42. The maximum absolute atomic E-state index is 13.1. The molecule has 1 heterocycles. The summed E-state index contributed by atoms with van der Waals surface area (Å²) < 4.78 is 10.5. The average molecular weight is 382 g/mol. The highest BCUT2D eigenvalue weighted by molar-refractivity contribution is 6.03. The van der Waals surface area contributed by atoms with Crippen LogP contribution in [0.15, 0.2) is 42.5 Å². The second kappa shape index (κ2) is 8.33. The molecule has 0 bridgehead atoms. The highest BCUT2D eigenvalue weighted by Crippen LogP contribution is 2.26. The van der Waals surface area contributed by atoms with Crippen molar-refractivity contribution in [1.29, 1.82) is 0 Å². The Balaban J connectivity index is 1.80. The van der Waals surface area contributed by atoms with Gasteiger partial charge in [0.15, 0.2) is 0 Å². The van der Waals surface area contributed by atoms with Gasteiger partial charge in [-0.2, -0.15) is 0 Å². The van der Waals surface area contributed by atoms with Crippen LogP contribution in [0.5, 0.6) is 11.5 Å². The van der Waals surface area contributed by atoms with E-state index >= 15 is 0 Å². The van der Waals surface area contributed by atoms with Gasteiger partial charge in [0, 0.05) is 30.4 Å². The number of carbonyl (C=O) groups is 2. The molecule has 0 spiro atoms. The Morgan fingerprint density at radius 1 is 1.04 bits per heavy atom. The number of nitrogens with zero attached hydrogens (tertiary/aromatic N) is 2. The molecule has 0 aromatic heterocycles. The molecule has 3 rings (SSSR count). The van der Waals surface area contributed by atoms with Crippen molar-refractivity contribution in [3.8, 4) is 11.5 Å². The third-order valence-corrected chi connectivity index (χ3v) is 5.17. The number of aryl methyl sites for hydroxylation is 1. The molecule has 0 unspecified atom stereocenters. The summed E-state index contributed by atoms with van der Waals surface area (Å²) in [5, 5.41) is 0. The number of benzene rings is 2. The number of methoxy groups -OCH3 is 2. The fraction of sp³-hybridized carbons (Fsp3) is 0.364. The maximum Gasteiger partial charge on any atom is 0.254 e. The molecule has 6 nitrogen and oxygen atoms in total. The van der Waals surface area contributed by atoms with Crippen LogP contribution in [0, 0.1) is 0 Å². The maximum atomic E-state index is 13.1. The van der Waals surface area contributed by atoms with Gasteiger partial charge in [-0.05, 0) is 43.2 Å². The van der Waals surface area contributed by atoms with Gasteiger partial charge in [0.25, 0.3) is 5.91 Å². The van der Waals surface area contributed by atoms with Crippen molar-refractivity contribution in [3.63, 3.8) is 0 Å². The Bertz CT molecular complexity index is 841. The zero-order chi connectivity index (χ0) is 20.3. The minimum absolute atomic E-state index is 0.0845. The van der Waals surface area contributed by atoms with Gasteiger partial charge in [-0.25, -0.2) is 0 Å². The first-order chi connectivity index (χ1) is 13.5. The lowest BCUT2D eigenvalue weighted by Crippen LogP contribution is -2.57. The summed E-state index contributed by atoms with van der Waals surface area (Å²) in [4.78, 5) is 29.4. The fourth-order valence-corrected chi connectivity index (χ4v) is 3.41. The Labute approximate surface area is 165 Å². The summed E-state index contributed by atoms with van der Waals surface area (Å²) in [7, 11) is 3.08. The highest BCUT2D eigenvalue weighted by Gasteiger charge is 2.35. The third kappa shape index (κ3) is 3.81. The lowest BCUT2D eigenvalue weighted by molar-refractivity contribution is -0.124. The summed E-state index contributed by atoms with van der Waals surface area (Å²) in [5.74, 6) is 0.783. The lowest BCUT2D eigenvalue weighted by Gasteiger charge is -2.39. The van der Waals surface area contributed by atoms with E-state index in [2.05, 4.69) is 6.92 Å². The van der Waals surface area contributed by atoms with Crippen molar-refractivity contribution in [3.05, 3.63) is 53.6 Å². The number of hydrogen-bond donors (Lipinski definition) is 0. The minimum atomic E-state index is -0.552. The van der Waals surface area contributed by atoms with Crippen LogP contribution in [0.2, 0.25) is 0 Å². The van der Waals surface area contributed by atoms with Crippen LogP contribution in [0.4, 0.5) is 5.69 Å². The minimum Gasteiger partial charge on any atom is -0.497 e. The molecule has 28 heavy (non-hydrogen) atoms. The molecule has 0 N–H and O–H groups in total. The van der Waals surface area contributed by atoms with Crippen molar-refractivity contribution in [1.82, 2.24) is 4.90 Å². The zero-order valence-electron chi connectivity index (χ0n) is 16.8. The second-order valence-electron chi connectivity index (χ2n) is 6.79. The topological polar surface area (TPSA) is 59.1 Å². The Morgan fingerprint density at radius 3 is 2.18 bits per heavy atom. The van der Waals surface area contributed by atoms with Crippen LogP contribution in [-0.2, 0) is 11.2 Å². The lowest BCUT2D eigenvalue weighted by atomic mass is 10.1. The first-order valence-electron chi connectivity index (χ1n) is 9.42. The van der Waals surface area contributed by atoms with E-state index in [0.717, 1.165) is 12.1 Å². The molecule has 6 heteroatoms. The van der Waals surface area contributed by atoms with Crippen molar-refractivity contribution >= 4 is 17.5 Å². The number of rotatable bonds is 5. The van der Waals surface area contributed by atoms with Gasteiger partial charge in [-0.15, -0.1) is 0 Å². The quantitative estimate of drug-likeness (QED) is 0.797. The van der Waals surface area contributed by atoms with E-state index in [0.29, 0.717) is 30.2 Å². The molecule has 1 aliphatic heterocycles. The Kier molecular flexibility index (Phi) is 5.87. The molecular weight excluding hydrogens is 356 g/mol. The van der Waals surface area contributed by atoms with Crippen molar-refractivity contribution in [2.24, 2.45) is 0 Å². The standard InChI is InChI=1S/C22H26N2O4/c1-5-16-6-8-18(9-7-16)24-11-10-23(15(2)21(24)25)22(26)17-12-19(27-3)14-20(13-17)28-4/h6-9,12-15H,5,10-11H2,1-4H3/t15-/m0/s1. The summed E-state index contributed by atoms with van der Waals surface area (Å²) >= 11 is 0. The van der Waals surface area contributed by atoms with E-state index < -0.39 is 6.04 Å². The van der Waals surface area contributed by atoms with Gasteiger partial charge in [-0.3, -0.25) is 9.59 Å². The molecule has 0 saturated carbocycles. The number of amides is 2. The van der Waals surface area contributed by atoms with E-state index in [1.54, 1.807) is 34.9 Å².